The molecule has 0 saturated heterocycles. The normalized spacial score (nSPS) is 10.3. The Morgan fingerprint density at radius 2 is 1.53 bits per heavy atom. The van der Waals surface area contributed by atoms with Gasteiger partial charge >= 0.3 is 0 Å². The van der Waals surface area contributed by atoms with Crippen LogP contribution in [0, 0.1) is 13.8 Å². The molecule has 2 nitrogen and oxygen atoms in total. The molecule has 0 spiro atoms. The van der Waals surface area contributed by atoms with Gasteiger partial charge in [-0.1, -0.05) is 17.2 Å². The Hall–Kier alpha value is -2.09. The van der Waals surface area contributed by atoms with Crippen molar-refractivity contribution in [3.05, 3.63) is 64.7 Å². The van der Waals surface area contributed by atoms with E-state index in [9.17, 15) is 4.79 Å². The minimum absolute atomic E-state index is 0.0508. The number of hydrogen-bond donors (Lipinski definition) is 0. The Morgan fingerprint density at radius 3 is 2.05 bits per heavy atom. The number of carbonyl (C=O) groups is 1. The third-order valence-electron chi connectivity index (χ3n) is 2.91. The van der Waals surface area contributed by atoms with Crippen LogP contribution in [0.2, 0.25) is 0 Å². The molecule has 0 aliphatic heterocycles. The molecule has 0 saturated carbocycles. The third kappa shape index (κ3) is 3.22. The molecule has 2 aromatic rings. The molecule has 2 heteroatoms. The highest BCUT2D eigenvalue weighted by atomic mass is 16.5. The smallest absolute Gasteiger partial charge is 0.193 e. The maximum absolute atomic E-state index is 12.4. The van der Waals surface area contributed by atoms with Crippen LogP contribution in [0.3, 0.4) is 0 Å². The molecule has 0 aliphatic rings. The second-order valence-corrected chi connectivity index (χ2v) is 4.66. The van der Waals surface area contributed by atoms with Gasteiger partial charge in [-0.05, 0) is 57.2 Å². The van der Waals surface area contributed by atoms with E-state index in [1.807, 2.05) is 57.2 Å². The van der Waals surface area contributed by atoms with Crippen LogP contribution in [-0.2, 0) is 0 Å². The number of hydrogen-bond acceptors (Lipinski definition) is 2. The number of carbonyl (C=O) groups excluding carboxylic acids is 1. The minimum Gasteiger partial charge on any atom is -0.494 e. The van der Waals surface area contributed by atoms with Gasteiger partial charge in [0.15, 0.2) is 5.78 Å². The van der Waals surface area contributed by atoms with Gasteiger partial charge in [0, 0.05) is 11.1 Å². The summed E-state index contributed by atoms with van der Waals surface area (Å²) in [6, 6.07) is 13.2. The maximum atomic E-state index is 12.4. The highest BCUT2D eigenvalue weighted by Gasteiger charge is 2.09. The van der Waals surface area contributed by atoms with Gasteiger partial charge in [0.2, 0.25) is 0 Å². The van der Waals surface area contributed by atoms with E-state index in [1.165, 1.54) is 0 Å². The average molecular weight is 254 g/mol. The Morgan fingerprint density at radius 1 is 0.947 bits per heavy atom. The summed E-state index contributed by atoms with van der Waals surface area (Å²) in [4.78, 5) is 12.4. The van der Waals surface area contributed by atoms with Crippen LogP contribution in [-0.4, -0.2) is 12.4 Å². The summed E-state index contributed by atoms with van der Waals surface area (Å²) in [5.41, 5.74) is 3.64. The summed E-state index contributed by atoms with van der Waals surface area (Å²) in [5.74, 6) is 0.842. The van der Waals surface area contributed by atoms with Crippen LogP contribution in [0.1, 0.15) is 34.0 Å². The summed E-state index contributed by atoms with van der Waals surface area (Å²) in [7, 11) is 0. The molecule has 0 aromatic heterocycles. The van der Waals surface area contributed by atoms with Gasteiger partial charge < -0.3 is 4.74 Å². The van der Waals surface area contributed by atoms with Crippen molar-refractivity contribution in [2.75, 3.05) is 6.61 Å². The third-order valence-corrected chi connectivity index (χ3v) is 2.91. The predicted molar refractivity (Wildman–Crippen MR) is 77.0 cm³/mol. The number of ether oxygens (including phenoxy) is 1. The zero-order chi connectivity index (χ0) is 13.8. The highest BCUT2D eigenvalue weighted by molar-refractivity contribution is 6.09. The lowest BCUT2D eigenvalue weighted by atomic mass is 9.99. The average Bonchev–Trinajstić information content (AvgIpc) is 2.38. The van der Waals surface area contributed by atoms with E-state index in [-0.39, 0.29) is 5.78 Å². The first kappa shape index (κ1) is 13.3. The fraction of sp³-hybridized carbons (Fsp3) is 0.235. The van der Waals surface area contributed by atoms with Crippen LogP contribution in [0.15, 0.2) is 42.5 Å². The molecule has 0 unspecified atom stereocenters. The van der Waals surface area contributed by atoms with E-state index in [2.05, 4.69) is 6.07 Å². The van der Waals surface area contributed by atoms with Crippen molar-refractivity contribution in [2.24, 2.45) is 0 Å². The number of rotatable bonds is 4. The van der Waals surface area contributed by atoms with Crippen molar-refractivity contribution in [2.45, 2.75) is 20.8 Å². The minimum atomic E-state index is 0.0508. The Labute approximate surface area is 114 Å². The first-order valence-corrected chi connectivity index (χ1v) is 6.46. The van der Waals surface area contributed by atoms with Crippen LogP contribution in [0.25, 0.3) is 0 Å². The molecule has 0 heterocycles. The molecule has 0 radical (unpaired) electrons. The van der Waals surface area contributed by atoms with Crippen LogP contribution < -0.4 is 4.74 Å². The number of ketones is 1. The molecule has 0 bridgehead atoms. The topological polar surface area (TPSA) is 26.3 Å². The van der Waals surface area contributed by atoms with Crippen molar-refractivity contribution >= 4 is 5.78 Å². The first-order chi connectivity index (χ1) is 9.10. The number of aryl methyl sites for hydroxylation is 2. The summed E-state index contributed by atoms with van der Waals surface area (Å²) in [6.07, 6.45) is 0. The van der Waals surface area contributed by atoms with Gasteiger partial charge in [-0.25, -0.2) is 0 Å². The van der Waals surface area contributed by atoms with Crippen LogP contribution >= 0.6 is 0 Å². The molecule has 0 fully saturated rings. The van der Waals surface area contributed by atoms with Crippen molar-refractivity contribution in [1.82, 2.24) is 0 Å². The predicted octanol–water partition coefficient (Wildman–Crippen LogP) is 3.93. The molecule has 2 aromatic carbocycles. The van der Waals surface area contributed by atoms with Crippen molar-refractivity contribution in [3.8, 4) is 5.75 Å². The highest BCUT2D eigenvalue weighted by Crippen LogP contribution is 2.17. The Balaban J connectivity index is 2.28. The zero-order valence-electron chi connectivity index (χ0n) is 11.6. The lowest BCUT2D eigenvalue weighted by Gasteiger charge is -2.06. The molecular weight excluding hydrogens is 236 g/mol. The first-order valence-electron chi connectivity index (χ1n) is 6.46. The van der Waals surface area contributed by atoms with Gasteiger partial charge in [0.25, 0.3) is 0 Å². The molecule has 98 valence electrons. The van der Waals surface area contributed by atoms with E-state index in [4.69, 9.17) is 4.74 Å². The standard InChI is InChI=1S/C17H18O2/c1-4-19-16-7-5-14(6-8-16)17(18)15-10-12(2)9-13(3)11-15/h5-11H,4H2,1-3H3. The Kier molecular flexibility index (Phi) is 4.00. The largest absolute Gasteiger partial charge is 0.494 e. The fourth-order valence-corrected chi connectivity index (χ4v) is 2.14. The summed E-state index contributed by atoms with van der Waals surface area (Å²) in [6.45, 7) is 6.57. The fourth-order valence-electron chi connectivity index (χ4n) is 2.14. The molecule has 0 amide bonds. The van der Waals surface area contributed by atoms with Gasteiger partial charge in [-0.3, -0.25) is 4.79 Å². The summed E-state index contributed by atoms with van der Waals surface area (Å²) in [5, 5.41) is 0. The second kappa shape index (κ2) is 5.70. The SMILES string of the molecule is CCOc1ccc(C(=O)c2cc(C)cc(C)c2)cc1. The Bertz CT molecular complexity index is 562. The molecule has 0 N–H and O–H groups in total. The summed E-state index contributed by atoms with van der Waals surface area (Å²) >= 11 is 0. The lowest BCUT2D eigenvalue weighted by Crippen LogP contribution is -2.02. The van der Waals surface area contributed by atoms with E-state index >= 15 is 0 Å². The molecule has 0 aliphatic carbocycles. The van der Waals surface area contributed by atoms with Crippen molar-refractivity contribution in [3.63, 3.8) is 0 Å². The number of benzene rings is 2. The molecular formula is C17H18O2. The zero-order valence-corrected chi connectivity index (χ0v) is 11.6. The van der Waals surface area contributed by atoms with Gasteiger partial charge in [0.1, 0.15) is 5.75 Å². The summed E-state index contributed by atoms with van der Waals surface area (Å²) < 4.78 is 5.37. The maximum Gasteiger partial charge on any atom is 0.193 e. The van der Waals surface area contributed by atoms with E-state index in [0.29, 0.717) is 12.2 Å². The quantitative estimate of drug-likeness (QED) is 0.773. The van der Waals surface area contributed by atoms with E-state index in [0.717, 1.165) is 22.4 Å². The van der Waals surface area contributed by atoms with Crippen LogP contribution in [0.4, 0.5) is 0 Å². The lowest BCUT2D eigenvalue weighted by molar-refractivity contribution is 0.103. The molecule has 2 rings (SSSR count). The monoisotopic (exact) mass is 254 g/mol. The van der Waals surface area contributed by atoms with Crippen molar-refractivity contribution < 1.29 is 9.53 Å². The van der Waals surface area contributed by atoms with Crippen molar-refractivity contribution in [1.29, 1.82) is 0 Å². The van der Waals surface area contributed by atoms with Crippen LogP contribution in [0.5, 0.6) is 5.75 Å². The van der Waals surface area contributed by atoms with Gasteiger partial charge in [-0.2, -0.15) is 0 Å². The van der Waals surface area contributed by atoms with Gasteiger partial charge in [0.05, 0.1) is 6.61 Å². The van der Waals surface area contributed by atoms with E-state index < -0.39 is 0 Å². The van der Waals surface area contributed by atoms with E-state index in [1.54, 1.807) is 0 Å². The molecule has 0 atom stereocenters. The molecule has 19 heavy (non-hydrogen) atoms. The van der Waals surface area contributed by atoms with Gasteiger partial charge in [-0.15, -0.1) is 0 Å². The second-order valence-electron chi connectivity index (χ2n) is 4.66.